The molecule has 2 rings (SSSR count). The van der Waals surface area contributed by atoms with E-state index in [1.165, 1.54) is 19.3 Å². The number of thiazole rings is 1. The highest BCUT2D eigenvalue weighted by atomic mass is 32.1. The van der Waals surface area contributed by atoms with Crippen molar-refractivity contribution < 1.29 is 9.84 Å². The van der Waals surface area contributed by atoms with E-state index in [2.05, 4.69) is 16.8 Å². The summed E-state index contributed by atoms with van der Waals surface area (Å²) < 4.78 is 5.11. The smallest absolute Gasteiger partial charge is 0.107 e. The second-order valence-electron chi connectivity index (χ2n) is 4.88. The number of methoxy groups -OCH3 is 1. The van der Waals surface area contributed by atoms with Crippen molar-refractivity contribution in [1.82, 2.24) is 9.88 Å². The van der Waals surface area contributed by atoms with Crippen LogP contribution < -0.4 is 0 Å². The van der Waals surface area contributed by atoms with Crippen molar-refractivity contribution >= 4 is 11.3 Å². The van der Waals surface area contributed by atoms with Gasteiger partial charge in [0.15, 0.2) is 0 Å². The second-order valence-corrected chi connectivity index (χ2v) is 6.05. The second kappa shape index (κ2) is 6.61. The van der Waals surface area contributed by atoms with E-state index < -0.39 is 0 Å². The van der Waals surface area contributed by atoms with Gasteiger partial charge in [-0.3, -0.25) is 4.90 Å². The van der Waals surface area contributed by atoms with Crippen molar-refractivity contribution in [3.8, 4) is 0 Å². The SMILES string of the molecule is COCc1nc(CN2CCCCC2C)sc1CO. The van der Waals surface area contributed by atoms with Crippen LogP contribution in [0.5, 0.6) is 0 Å². The molecular formula is C13H22N2O2S. The Morgan fingerprint density at radius 3 is 3.00 bits per heavy atom. The largest absolute Gasteiger partial charge is 0.391 e. The number of piperidine rings is 1. The molecule has 0 bridgehead atoms. The van der Waals surface area contributed by atoms with E-state index in [4.69, 9.17) is 4.74 Å². The predicted octanol–water partition coefficient (Wildman–Crippen LogP) is 2.16. The van der Waals surface area contributed by atoms with E-state index >= 15 is 0 Å². The number of aliphatic hydroxyl groups excluding tert-OH is 1. The van der Waals surface area contributed by atoms with Crippen LogP contribution in [-0.4, -0.2) is 34.7 Å². The molecule has 0 amide bonds. The molecule has 5 heteroatoms. The third-order valence-corrected chi connectivity index (χ3v) is 4.59. The molecule has 4 nitrogen and oxygen atoms in total. The van der Waals surface area contributed by atoms with E-state index in [1.807, 2.05) is 0 Å². The standard InChI is InChI=1S/C13H22N2O2S/c1-10-5-3-4-6-15(10)7-13-14-11(9-17-2)12(8-16)18-13/h10,16H,3-9H2,1-2H3. The van der Waals surface area contributed by atoms with Gasteiger partial charge in [-0.05, 0) is 26.3 Å². The molecule has 18 heavy (non-hydrogen) atoms. The lowest BCUT2D eigenvalue weighted by molar-refractivity contribution is 0.151. The molecule has 1 saturated heterocycles. The van der Waals surface area contributed by atoms with Crippen LogP contribution >= 0.6 is 11.3 Å². The van der Waals surface area contributed by atoms with Gasteiger partial charge in [0.05, 0.1) is 30.3 Å². The quantitative estimate of drug-likeness (QED) is 0.890. The van der Waals surface area contributed by atoms with Crippen molar-refractivity contribution in [3.63, 3.8) is 0 Å². The predicted molar refractivity (Wildman–Crippen MR) is 72.5 cm³/mol. The molecular weight excluding hydrogens is 248 g/mol. The fourth-order valence-corrected chi connectivity index (χ4v) is 3.40. The molecule has 1 aliphatic rings. The summed E-state index contributed by atoms with van der Waals surface area (Å²) in [6.07, 6.45) is 3.91. The summed E-state index contributed by atoms with van der Waals surface area (Å²) in [5.74, 6) is 0. The maximum atomic E-state index is 9.32. The van der Waals surface area contributed by atoms with Crippen molar-refractivity contribution in [2.75, 3.05) is 13.7 Å². The van der Waals surface area contributed by atoms with Gasteiger partial charge < -0.3 is 9.84 Å². The van der Waals surface area contributed by atoms with Crippen molar-refractivity contribution in [1.29, 1.82) is 0 Å². The number of likely N-dealkylation sites (tertiary alicyclic amines) is 1. The highest BCUT2D eigenvalue weighted by Gasteiger charge is 2.20. The van der Waals surface area contributed by atoms with E-state index in [-0.39, 0.29) is 6.61 Å². The molecule has 1 fully saturated rings. The molecule has 1 aromatic heterocycles. The summed E-state index contributed by atoms with van der Waals surface area (Å²) in [5, 5.41) is 10.4. The lowest BCUT2D eigenvalue weighted by Crippen LogP contribution is -2.36. The first-order valence-corrected chi connectivity index (χ1v) is 7.37. The third-order valence-electron chi connectivity index (χ3n) is 3.53. The number of aliphatic hydroxyl groups is 1. The van der Waals surface area contributed by atoms with Crippen LogP contribution in [-0.2, 0) is 24.5 Å². The van der Waals surface area contributed by atoms with E-state index in [0.717, 1.165) is 28.7 Å². The minimum absolute atomic E-state index is 0.0614. The Balaban J connectivity index is 2.04. The zero-order chi connectivity index (χ0) is 13.0. The fraction of sp³-hybridized carbons (Fsp3) is 0.769. The maximum absolute atomic E-state index is 9.32. The summed E-state index contributed by atoms with van der Waals surface area (Å²) >= 11 is 1.61. The van der Waals surface area contributed by atoms with Gasteiger partial charge in [-0.2, -0.15) is 0 Å². The number of nitrogens with zero attached hydrogens (tertiary/aromatic N) is 2. The fourth-order valence-electron chi connectivity index (χ4n) is 2.44. The van der Waals surface area contributed by atoms with Crippen molar-refractivity contribution in [2.24, 2.45) is 0 Å². The van der Waals surface area contributed by atoms with E-state index in [9.17, 15) is 5.11 Å². The summed E-state index contributed by atoms with van der Waals surface area (Å²) in [6, 6.07) is 0.645. The summed E-state index contributed by atoms with van der Waals surface area (Å²) in [6.45, 7) is 4.90. The van der Waals surface area contributed by atoms with Crippen molar-refractivity contribution in [2.45, 2.75) is 52.0 Å². The van der Waals surface area contributed by atoms with Gasteiger partial charge >= 0.3 is 0 Å². The number of aromatic nitrogens is 1. The Morgan fingerprint density at radius 2 is 2.33 bits per heavy atom. The first-order valence-electron chi connectivity index (χ1n) is 6.56. The summed E-state index contributed by atoms with van der Waals surface area (Å²) in [5.41, 5.74) is 0.893. The summed E-state index contributed by atoms with van der Waals surface area (Å²) in [4.78, 5) is 8.02. The minimum atomic E-state index is 0.0614. The van der Waals surface area contributed by atoms with Crippen LogP contribution in [0.15, 0.2) is 0 Å². The maximum Gasteiger partial charge on any atom is 0.107 e. The number of rotatable bonds is 5. The van der Waals surface area contributed by atoms with Gasteiger partial charge in [-0.25, -0.2) is 4.98 Å². The zero-order valence-corrected chi connectivity index (χ0v) is 12.0. The Hall–Kier alpha value is -0.490. The highest BCUT2D eigenvalue weighted by molar-refractivity contribution is 7.11. The molecule has 1 aliphatic heterocycles. The molecule has 1 unspecified atom stereocenters. The van der Waals surface area contributed by atoms with Gasteiger partial charge in [-0.15, -0.1) is 11.3 Å². The third kappa shape index (κ3) is 3.29. The normalized spacial score (nSPS) is 21.4. The molecule has 1 N–H and O–H groups in total. The average molecular weight is 270 g/mol. The molecule has 0 aliphatic carbocycles. The van der Waals surface area contributed by atoms with Gasteiger partial charge in [0.2, 0.25) is 0 Å². The Labute approximate surface area is 113 Å². The first kappa shape index (κ1) is 13.9. The van der Waals surface area contributed by atoms with Gasteiger partial charge in [0.1, 0.15) is 5.01 Å². The molecule has 0 aromatic carbocycles. The molecule has 1 atom stereocenters. The lowest BCUT2D eigenvalue weighted by atomic mass is 10.0. The molecule has 102 valence electrons. The van der Waals surface area contributed by atoms with Gasteiger partial charge in [0, 0.05) is 13.2 Å². The Morgan fingerprint density at radius 1 is 1.50 bits per heavy atom. The highest BCUT2D eigenvalue weighted by Crippen LogP contribution is 2.24. The van der Waals surface area contributed by atoms with E-state index in [0.29, 0.717) is 12.6 Å². The van der Waals surface area contributed by atoms with Crippen LogP contribution in [0.4, 0.5) is 0 Å². The summed E-state index contributed by atoms with van der Waals surface area (Å²) in [7, 11) is 1.66. The van der Waals surface area contributed by atoms with Crippen LogP contribution in [0.2, 0.25) is 0 Å². The Bertz CT molecular complexity index is 381. The monoisotopic (exact) mass is 270 g/mol. The van der Waals surface area contributed by atoms with E-state index in [1.54, 1.807) is 18.4 Å². The lowest BCUT2D eigenvalue weighted by Gasteiger charge is -2.32. The zero-order valence-electron chi connectivity index (χ0n) is 11.2. The van der Waals surface area contributed by atoms with Gasteiger partial charge in [-0.1, -0.05) is 6.42 Å². The number of hydrogen-bond donors (Lipinski definition) is 1. The number of hydrogen-bond acceptors (Lipinski definition) is 5. The molecule has 2 heterocycles. The molecule has 0 radical (unpaired) electrons. The first-order chi connectivity index (χ1) is 8.74. The Kier molecular flexibility index (Phi) is 5.12. The number of ether oxygens (including phenoxy) is 1. The molecule has 0 saturated carbocycles. The van der Waals surface area contributed by atoms with Crippen molar-refractivity contribution in [3.05, 3.63) is 15.6 Å². The molecule has 0 spiro atoms. The van der Waals surface area contributed by atoms with Crippen LogP contribution in [0.3, 0.4) is 0 Å². The van der Waals surface area contributed by atoms with Crippen LogP contribution in [0.25, 0.3) is 0 Å². The molecule has 1 aromatic rings. The van der Waals surface area contributed by atoms with Crippen LogP contribution in [0, 0.1) is 0 Å². The van der Waals surface area contributed by atoms with Gasteiger partial charge in [0.25, 0.3) is 0 Å². The minimum Gasteiger partial charge on any atom is -0.391 e. The average Bonchev–Trinajstić information content (AvgIpc) is 2.75. The topological polar surface area (TPSA) is 45.6 Å². The van der Waals surface area contributed by atoms with Crippen LogP contribution in [0.1, 0.15) is 41.8 Å².